The number of benzene rings is 4. The van der Waals surface area contributed by atoms with Gasteiger partial charge < -0.3 is 10.1 Å². The fraction of sp³-hybridized carbons (Fsp3) is 0.160. The second-order valence-electron chi connectivity index (χ2n) is 6.92. The Morgan fingerprint density at radius 3 is 2.11 bits per heavy atom. The van der Waals surface area contributed by atoms with Crippen LogP contribution in [-0.4, -0.2) is 12.0 Å². The average molecular weight is 369 g/mol. The predicted octanol–water partition coefficient (Wildman–Crippen LogP) is 5.47. The minimum atomic E-state index is -0.512. The summed E-state index contributed by atoms with van der Waals surface area (Å²) in [7, 11) is 0. The monoisotopic (exact) mass is 369 g/mol. The molecule has 0 bridgehead atoms. The van der Waals surface area contributed by atoms with Crippen molar-refractivity contribution in [3.8, 4) is 5.75 Å². The van der Waals surface area contributed by atoms with Gasteiger partial charge in [-0.25, -0.2) is 0 Å². The number of fused-ring (bicyclic) bond motifs is 2. The normalized spacial score (nSPS) is 12.0. The van der Waals surface area contributed by atoms with Crippen molar-refractivity contribution in [2.75, 3.05) is 0 Å². The quantitative estimate of drug-likeness (QED) is 0.490. The van der Waals surface area contributed by atoms with Gasteiger partial charge in [0.05, 0.1) is 0 Å². The zero-order valence-electron chi connectivity index (χ0n) is 15.9. The molecule has 28 heavy (non-hydrogen) atoms. The highest BCUT2D eigenvalue weighted by Gasteiger charge is 2.18. The minimum absolute atomic E-state index is 0.0937. The lowest BCUT2D eigenvalue weighted by Gasteiger charge is -2.18. The Balaban J connectivity index is 1.42. The lowest BCUT2D eigenvalue weighted by molar-refractivity contribution is -0.128. The topological polar surface area (TPSA) is 38.3 Å². The van der Waals surface area contributed by atoms with E-state index in [-0.39, 0.29) is 5.91 Å². The number of nitrogens with one attached hydrogen (secondary N) is 1. The first kappa shape index (κ1) is 18.1. The third kappa shape index (κ3) is 3.99. The summed E-state index contributed by atoms with van der Waals surface area (Å²) in [6, 6.07) is 28.5. The van der Waals surface area contributed by atoms with Gasteiger partial charge >= 0.3 is 0 Å². The molecule has 0 aliphatic heterocycles. The zero-order valence-corrected chi connectivity index (χ0v) is 15.9. The molecular formula is C25H23NO2. The highest BCUT2D eigenvalue weighted by molar-refractivity contribution is 5.85. The Hall–Kier alpha value is -3.33. The summed E-state index contributed by atoms with van der Waals surface area (Å²) < 4.78 is 5.98. The van der Waals surface area contributed by atoms with Gasteiger partial charge in [-0.15, -0.1) is 0 Å². The summed E-state index contributed by atoms with van der Waals surface area (Å²) in [6.45, 7) is 2.45. The van der Waals surface area contributed by atoms with Crippen LogP contribution in [0, 0.1) is 0 Å². The summed E-state index contributed by atoms with van der Waals surface area (Å²) in [5.74, 6) is 0.621. The van der Waals surface area contributed by atoms with Crippen molar-refractivity contribution in [2.24, 2.45) is 0 Å². The summed E-state index contributed by atoms with van der Waals surface area (Å²) in [4.78, 5) is 12.6. The smallest absolute Gasteiger partial charge is 0.261 e. The average Bonchev–Trinajstić information content (AvgIpc) is 2.75. The maximum absolute atomic E-state index is 12.6. The van der Waals surface area contributed by atoms with Gasteiger partial charge in [0.1, 0.15) is 5.75 Å². The van der Waals surface area contributed by atoms with Crippen LogP contribution in [0.25, 0.3) is 21.5 Å². The lowest BCUT2D eigenvalue weighted by Crippen LogP contribution is -2.37. The van der Waals surface area contributed by atoms with Gasteiger partial charge in [-0.05, 0) is 51.7 Å². The van der Waals surface area contributed by atoms with E-state index in [0.29, 0.717) is 18.7 Å². The number of amides is 1. The number of ether oxygens (including phenoxy) is 1. The number of hydrogen-bond acceptors (Lipinski definition) is 2. The highest BCUT2D eigenvalue weighted by Crippen LogP contribution is 2.22. The Morgan fingerprint density at radius 2 is 1.43 bits per heavy atom. The molecule has 0 aromatic heterocycles. The molecule has 0 spiro atoms. The van der Waals surface area contributed by atoms with Gasteiger partial charge in [0.2, 0.25) is 0 Å². The van der Waals surface area contributed by atoms with Crippen LogP contribution in [0.1, 0.15) is 18.9 Å². The summed E-state index contributed by atoms with van der Waals surface area (Å²) in [5.41, 5.74) is 1.08. The molecule has 3 nitrogen and oxygen atoms in total. The Kier molecular flexibility index (Phi) is 5.24. The van der Waals surface area contributed by atoms with Gasteiger partial charge in [-0.2, -0.15) is 0 Å². The highest BCUT2D eigenvalue weighted by atomic mass is 16.5. The van der Waals surface area contributed by atoms with E-state index in [9.17, 15) is 4.79 Å². The minimum Gasteiger partial charge on any atom is -0.481 e. The van der Waals surface area contributed by atoms with E-state index in [1.54, 1.807) is 0 Å². The molecule has 4 rings (SSSR count). The molecule has 0 unspecified atom stereocenters. The van der Waals surface area contributed by atoms with Crippen molar-refractivity contribution in [2.45, 2.75) is 26.0 Å². The predicted molar refractivity (Wildman–Crippen MR) is 114 cm³/mol. The van der Waals surface area contributed by atoms with Crippen LogP contribution in [0.5, 0.6) is 5.75 Å². The second kappa shape index (κ2) is 8.13. The van der Waals surface area contributed by atoms with Gasteiger partial charge in [0.15, 0.2) is 6.10 Å². The molecular weight excluding hydrogens is 346 g/mol. The largest absolute Gasteiger partial charge is 0.481 e. The van der Waals surface area contributed by atoms with E-state index in [0.717, 1.165) is 16.3 Å². The summed E-state index contributed by atoms with van der Waals surface area (Å²) in [5, 5.41) is 7.64. The van der Waals surface area contributed by atoms with Crippen LogP contribution in [0.4, 0.5) is 0 Å². The Morgan fingerprint density at radius 1 is 0.821 bits per heavy atom. The Bertz CT molecular complexity index is 1120. The molecule has 1 N–H and O–H groups in total. The van der Waals surface area contributed by atoms with Gasteiger partial charge in [-0.3, -0.25) is 4.79 Å². The van der Waals surface area contributed by atoms with Crippen molar-refractivity contribution in [3.05, 3.63) is 90.5 Å². The van der Waals surface area contributed by atoms with Crippen LogP contribution >= 0.6 is 0 Å². The fourth-order valence-electron chi connectivity index (χ4n) is 3.38. The maximum atomic E-state index is 12.6. The summed E-state index contributed by atoms with van der Waals surface area (Å²) in [6.07, 6.45) is 0.0951. The van der Waals surface area contributed by atoms with Crippen LogP contribution in [0.2, 0.25) is 0 Å². The molecule has 0 fully saturated rings. The molecule has 0 heterocycles. The molecule has 140 valence electrons. The molecule has 1 atom stereocenters. The van der Waals surface area contributed by atoms with E-state index in [1.165, 1.54) is 10.8 Å². The van der Waals surface area contributed by atoms with Crippen molar-refractivity contribution < 1.29 is 9.53 Å². The second-order valence-corrected chi connectivity index (χ2v) is 6.92. The molecule has 3 heteroatoms. The first-order valence-electron chi connectivity index (χ1n) is 9.64. The zero-order chi connectivity index (χ0) is 19.3. The number of rotatable bonds is 6. The van der Waals surface area contributed by atoms with Gasteiger partial charge in [-0.1, -0.05) is 73.7 Å². The van der Waals surface area contributed by atoms with Crippen LogP contribution in [-0.2, 0) is 11.3 Å². The molecule has 0 aliphatic rings. The lowest BCUT2D eigenvalue weighted by atomic mass is 10.1. The standard InChI is InChI=1S/C25H23NO2/c1-2-24(28-23-14-13-20-8-4-6-10-22(20)16-23)25(27)26-17-18-11-12-19-7-3-5-9-21(19)15-18/h3-16,24H,2,17H2,1H3,(H,26,27)/t24-/m0/s1. The third-order valence-corrected chi connectivity index (χ3v) is 4.94. The first-order chi connectivity index (χ1) is 13.7. The van der Waals surface area contributed by atoms with E-state index < -0.39 is 6.10 Å². The van der Waals surface area contributed by atoms with Gasteiger partial charge in [0.25, 0.3) is 5.91 Å². The molecule has 0 radical (unpaired) electrons. The van der Waals surface area contributed by atoms with E-state index in [1.807, 2.05) is 61.5 Å². The van der Waals surface area contributed by atoms with E-state index >= 15 is 0 Å². The van der Waals surface area contributed by atoms with Crippen LogP contribution in [0.3, 0.4) is 0 Å². The Labute approximate surface area is 165 Å². The van der Waals surface area contributed by atoms with Gasteiger partial charge in [0, 0.05) is 6.54 Å². The van der Waals surface area contributed by atoms with E-state index in [4.69, 9.17) is 4.74 Å². The maximum Gasteiger partial charge on any atom is 0.261 e. The fourth-order valence-corrected chi connectivity index (χ4v) is 3.38. The summed E-state index contributed by atoms with van der Waals surface area (Å²) >= 11 is 0. The number of carbonyl (C=O) groups is 1. The van der Waals surface area contributed by atoms with Crippen molar-refractivity contribution in [3.63, 3.8) is 0 Å². The van der Waals surface area contributed by atoms with Crippen LogP contribution < -0.4 is 10.1 Å². The molecule has 0 saturated heterocycles. The molecule has 4 aromatic carbocycles. The number of hydrogen-bond donors (Lipinski definition) is 1. The van der Waals surface area contributed by atoms with E-state index in [2.05, 4.69) is 35.6 Å². The van der Waals surface area contributed by atoms with Crippen molar-refractivity contribution in [1.82, 2.24) is 5.32 Å². The van der Waals surface area contributed by atoms with Crippen molar-refractivity contribution >= 4 is 27.5 Å². The SMILES string of the molecule is CC[C@H](Oc1ccc2ccccc2c1)C(=O)NCc1ccc2ccccc2c1. The van der Waals surface area contributed by atoms with Crippen LogP contribution in [0.15, 0.2) is 84.9 Å². The molecule has 4 aromatic rings. The molecule has 0 aliphatic carbocycles. The first-order valence-corrected chi connectivity index (χ1v) is 9.64. The third-order valence-electron chi connectivity index (χ3n) is 4.94. The molecule has 0 saturated carbocycles. The number of carbonyl (C=O) groups excluding carboxylic acids is 1. The molecule has 1 amide bonds. The van der Waals surface area contributed by atoms with Crippen molar-refractivity contribution in [1.29, 1.82) is 0 Å².